The molecule has 0 aliphatic rings. The first-order valence-electron chi connectivity index (χ1n) is 40.7. The van der Waals surface area contributed by atoms with Crippen LogP contribution in [-0.4, -0.2) is 96.7 Å². The van der Waals surface area contributed by atoms with Gasteiger partial charge < -0.3 is 33.8 Å². The third kappa shape index (κ3) is 71.1. The first-order valence-corrected chi connectivity index (χ1v) is 43.7. The van der Waals surface area contributed by atoms with Crippen molar-refractivity contribution in [1.29, 1.82) is 0 Å². The molecule has 0 fully saturated rings. The fraction of sp³-hybridized carbons (Fsp3) is 0.949. The molecule has 0 aliphatic carbocycles. The van der Waals surface area contributed by atoms with E-state index in [2.05, 4.69) is 55.4 Å². The number of unbranched alkanes of at least 4 members (excludes halogenated alkanes) is 41. The minimum absolute atomic E-state index is 0.106. The Morgan fingerprint density at radius 1 is 0.286 bits per heavy atom. The molecule has 0 aromatic rings. The van der Waals surface area contributed by atoms with Gasteiger partial charge in [0, 0.05) is 25.7 Å². The number of rotatable bonds is 76. The predicted octanol–water partition coefficient (Wildman–Crippen LogP) is 23.2. The molecule has 6 atom stereocenters. The number of carbonyl (C=O) groups excluding carboxylic acids is 4. The molecule has 3 N–H and O–H groups in total. The molecule has 0 amide bonds. The molecule has 0 bridgehead atoms. The van der Waals surface area contributed by atoms with Crippen molar-refractivity contribution in [1.82, 2.24) is 0 Å². The van der Waals surface area contributed by atoms with Crippen molar-refractivity contribution in [3.05, 3.63) is 0 Å². The van der Waals surface area contributed by atoms with Gasteiger partial charge in [0.2, 0.25) is 0 Å². The summed E-state index contributed by atoms with van der Waals surface area (Å²) in [6.07, 6.45) is 54.2. The molecule has 19 heteroatoms. The summed E-state index contributed by atoms with van der Waals surface area (Å²) in [7, 11) is -9.92. The van der Waals surface area contributed by atoms with Crippen LogP contribution in [0.1, 0.15) is 402 Å². The molecule has 17 nitrogen and oxygen atoms in total. The fourth-order valence-corrected chi connectivity index (χ4v) is 13.6. The first-order chi connectivity index (χ1) is 47.1. The zero-order chi connectivity index (χ0) is 72.4. The molecule has 0 saturated carbocycles. The van der Waals surface area contributed by atoms with E-state index < -0.39 is 97.5 Å². The lowest BCUT2D eigenvalue weighted by molar-refractivity contribution is -0.161. The second-order valence-electron chi connectivity index (χ2n) is 30.1. The Hall–Kier alpha value is -1.94. The van der Waals surface area contributed by atoms with E-state index in [0.717, 1.165) is 120 Å². The Balaban J connectivity index is 5.20. The van der Waals surface area contributed by atoms with Crippen LogP contribution in [0.15, 0.2) is 0 Å². The molecule has 0 aromatic carbocycles. The summed E-state index contributed by atoms with van der Waals surface area (Å²) in [5, 5.41) is 10.6. The second kappa shape index (κ2) is 68.2. The van der Waals surface area contributed by atoms with E-state index in [4.69, 9.17) is 37.0 Å². The van der Waals surface area contributed by atoms with Crippen molar-refractivity contribution in [2.75, 3.05) is 39.6 Å². The Kier molecular flexibility index (Phi) is 66.8. The van der Waals surface area contributed by atoms with Crippen LogP contribution >= 0.6 is 15.6 Å². The Morgan fingerprint density at radius 2 is 0.490 bits per heavy atom. The molecule has 0 radical (unpaired) electrons. The van der Waals surface area contributed by atoms with Crippen LogP contribution in [0.3, 0.4) is 0 Å². The number of hydrogen-bond donors (Lipinski definition) is 3. The van der Waals surface area contributed by atoms with Crippen LogP contribution < -0.4 is 0 Å². The van der Waals surface area contributed by atoms with Crippen LogP contribution in [0.4, 0.5) is 0 Å². The number of hydrogen-bond acceptors (Lipinski definition) is 15. The van der Waals surface area contributed by atoms with Crippen LogP contribution in [0.2, 0.25) is 0 Å². The highest BCUT2D eigenvalue weighted by molar-refractivity contribution is 7.47. The van der Waals surface area contributed by atoms with Crippen LogP contribution in [-0.2, 0) is 65.4 Å². The molecule has 3 unspecified atom stereocenters. The first kappa shape index (κ1) is 96.1. The zero-order valence-corrected chi connectivity index (χ0v) is 66.2. The number of phosphoric ester groups is 2. The summed E-state index contributed by atoms with van der Waals surface area (Å²) in [6, 6.07) is 0. The molecule has 98 heavy (non-hydrogen) atoms. The Morgan fingerprint density at radius 3 is 0.724 bits per heavy atom. The Bertz CT molecular complexity index is 1920. The van der Waals surface area contributed by atoms with E-state index in [0.29, 0.717) is 25.7 Å². The number of ether oxygens (including phenoxy) is 4. The number of esters is 4. The predicted molar refractivity (Wildman–Crippen MR) is 400 cm³/mol. The van der Waals surface area contributed by atoms with Gasteiger partial charge in [0.1, 0.15) is 19.3 Å². The van der Waals surface area contributed by atoms with E-state index in [1.165, 1.54) is 199 Å². The second-order valence-corrected chi connectivity index (χ2v) is 33.0. The lowest BCUT2D eigenvalue weighted by Gasteiger charge is -2.21. The summed E-state index contributed by atoms with van der Waals surface area (Å²) in [6.45, 7) is 14.2. The van der Waals surface area contributed by atoms with Gasteiger partial charge in [-0.2, -0.15) is 0 Å². The third-order valence-electron chi connectivity index (χ3n) is 18.7. The van der Waals surface area contributed by atoms with Gasteiger partial charge in [-0.3, -0.25) is 37.3 Å². The van der Waals surface area contributed by atoms with Crippen molar-refractivity contribution in [3.8, 4) is 0 Å². The third-order valence-corrected chi connectivity index (χ3v) is 20.6. The molecule has 0 heterocycles. The largest absolute Gasteiger partial charge is 0.472 e. The van der Waals surface area contributed by atoms with E-state index in [9.17, 15) is 43.2 Å². The Labute approximate surface area is 600 Å². The van der Waals surface area contributed by atoms with Gasteiger partial charge in [-0.05, 0) is 49.4 Å². The van der Waals surface area contributed by atoms with Crippen LogP contribution in [0, 0.1) is 23.7 Å². The van der Waals surface area contributed by atoms with Crippen molar-refractivity contribution >= 4 is 39.5 Å². The topological polar surface area (TPSA) is 237 Å². The van der Waals surface area contributed by atoms with E-state index >= 15 is 0 Å². The SMILES string of the molecule is CCC(C)CCCCCCCCC(=O)OC[C@H](COP(=O)(O)OC[C@H](O)COP(=O)(O)OC[C@@H](COC(=O)CCCCCCCCCCCC(C)C)OC(=O)CCCCCCCCCCCCCCC(C)C)OC(=O)CCCCCCCCCCCCCCCCCCCCC(C)C. The van der Waals surface area contributed by atoms with Gasteiger partial charge in [-0.15, -0.1) is 0 Å². The average molecular weight is 1440 g/mol. The average Bonchev–Trinajstić information content (AvgIpc) is 0.962. The van der Waals surface area contributed by atoms with E-state index in [1.807, 2.05) is 0 Å². The molecule has 582 valence electrons. The van der Waals surface area contributed by atoms with Crippen LogP contribution in [0.25, 0.3) is 0 Å². The molecular weight excluding hydrogens is 1280 g/mol. The molecule has 0 rings (SSSR count). The van der Waals surface area contributed by atoms with Crippen molar-refractivity contribution in [2.24, 2.45) is 23.7 Å². The van der Waals surface area contributed by atoms with Gasteiger partial charge >= 0.3 is 39.5 Å². The normalized spacial score (nSPS) is 14.3. The van der Waals surface area contributed by atoms with E-state index in [1.54, 1.807) is 0 Å². The molecular formula is C79H154O17P2. The van der Waals surface area contributed by atoms with Gasteiger partial charge in [0.25, 0.3) is 0 Å². The highest BCUT2D eigenvalue weighted by Gasteiger charge is 2.30. The monoisotopic (exact) mass is 1440 g/mol. The maximum absolute atomic E-state index is 13.1. The summed E-state index contributed by atoms with van der Waals surface area (Å²) in [5.74, 6) is 0.953. The minimum Gasteiger partial charge on any atom is -0.462 e. The molecule has 0 spiro atoms. The molecule has 0 aliphatic heterocycles. The summed E-state index contributed by atoms with van der Waals surface area (Å²) in [5.41, 5.74) is 0. The lowest BCUT2D eigenvalue weighted by atomic mass is 10.00. The van der Waals surface area contributed by atoms with Crippen molar-refractivity contribution < 1.29 is 80.2 Å². The number of carbonyl (C=O) groups is 4. The summed E-state index contributed by atoms with van der Waals surface area (Å²) in [4.78, 5) is 72.9. The minimum atomic E-state index is -4.96. The lowest BCUT2D eigenvalue weighted by Crippen LogP contribution is -2.30. The van der Waals surface area contributed by atoms with E-state index in [-0.39, 0.29) is 25.7 Å². The maximum Gasteiger partial charge on any atom is 0.472 e. The number of aliphatic hydroxyl groups is 1. The summed E-state index contributed by atoms with van der Waals surface area (Å²) < 4.78 is 68.6. The van der Waals surface area contributed by atoms with Gasteiger partial charge in [0.05, 0.1) is 26.4 Å². The molecule has 0 saturated heterocycles. The van der Waals surface area contributed by atoms with Gasteiger partial charge in [-0.1, -0.05) is 351 Å². The van der Waals surface area contributed by atoms with Gasteiger partial charge in [0.15, 0.2) is 12.2 Å². The maximum atomic E-state index is 13.1. The quantitative estimate of drug-likeness (QED) is 0.0222. The van der Waals surface area contributed by atoms with Crippen molar-refractivity contribution in [2.45, 2.75) is 420 Å². The smallest absolute Gasteiger partial charge is 0.462 e. The zero-order valence-electron chi connectivity index (χ0n) is 64.4. The number of phosphoric acid groups is 2. The van der Waals surface area contributed by atoms with Gasteiger partial charge in [-0.25, -0.2) is 9.13 Å². The summed E-state index contributed by atoms with van der Waals surface area (Å²) >= 11 is 0. The number of aliphatic hydroxyl groups excluding tert-OH is 1. The standard InChI is InChI=1S/C79H154O17P2/c1-9-72(8)58-50-42-37-38-44-52-60-77(82)90-66-75(96-79(84)61-53-45-35-28-22-17-15-13-11-10-12-14-16-20-25-31-39-47-55-69(2)3)68-94-98(87,88)92-64-73(80)63-91-97(85,86)93-67-74(65-89-76(81)59-51-43-34-30-24-27-33-41-49-57-71(6)7)95-78(83)62-54-46-36-29-23-19-18-21-26-32-40-48-56-70(4)5/h69-75,80H,9-68H2,1-8H3,(H,85,86)(H,87,88)/t72?,73-,74-,75-/m1/s1. The molecule has 0 aromatic heterocycles. The van der Waals surface area contributed by atoms with Crippen molar-refractivity contribution in [3.63, 3.8) is 0 Å². The van der Waals surface area contributed by atoms with Crippen LogP contribution in [0.5, 0.6) is 0 Å². The highest BCUT2D eigenvalue weighted by atomic mass is 31.2. The fourth-order valence-electron chi connectivity index (χ4n) is 12.0. The highest BCUT2D eigenvalue weighted by Crippen LogP contribution is 2.45.